The lowest BCUT2D eigenvalue weighted by atomic mass is 10.2. The lowest BCUT2D eigenvalue weighted by Crippen LogP contribution is -2.32. The van der Waals surface area contributed by atoms with Crippen LogP contribution in [-0.4, -0.2) is 32.2 Å². The van der Waals surface area contributed by atoms with E-state index >= 15 is 0 Å². The van der Waals surface area contributed by atoms with Crippen molar-refractivity contribution in [2.24, 2.45) is 0 Å². The number of likely N-dealkylation sites (N-methyl/N-ethyl adjacent to an activating group) is 1. The van der Waals surface area contributed by atoms with Crippen LogP contribution in [0.3, 0.4) is 0 Å². The van der Waals surface area contributed by atoms with Crippen LogP contribution in [0.15, 0.2) is 18.2 Å². The molecular weight excluding hydrogens is 297 g/mol. The van der Waals surface area contributed by atoms with Crippen molar-refractivity contribution < 1.29 is 22.7 Å². The van der Waals surface area contributed by atoms with Crippen LogP contribution < -0.4 is 15.4 Å². The predicted molar refractivity (Wildman–Crippen MR) is 71.2 cm³/mol. The van der Waals surface area contributed by atoms with Gasteiger partial charge in [-0.1, -0.05) is 6.92 Å². The van der Waals surface area contributed by atoms with Crippen LogP contribution in [0.2, 0.25) is 0 Å². The Balaban J connectivity index is 0.00000361. The Morgan fingerprint density at radius 2 is 2.05 bits per heavy atom. The fourth-order valence-corrected chi connectivity index (χ4v) is 1.41. The number of carbonyl (C=O) groups is 1. The fraction of sp³-hybridized carbons (Fsp3) is 0.417. The average molecular weight is 313 g/mol. The summed E-state index contributed by atoms with van der Waals surface area (Å²) in [5.74, 6) is -1.82. The molecule has 0 aliphatic rings. The maximum Gasteiger partial charge on any atom is 0.387 e. The van der Waals surface area contributed by atoms with Crippen LogP contribution in [0, 0.1) is 5.82 Å². The Morgan fingerprint density at radius 1 is 1.35 bits per heavy atom. The molecule has 2 N–H and O–H groups in total. The number of halogens is 4. The minimum absolute atomic E-state index is 0. The molecule has 4 nitrogen and oxygen atoms in total. The first-order valence-corrected chi connectivity index (χ1v) is 5.78. The van der Waals surface area contributed by atoms with Gasteiger partial charge in [0.15, 0.2) is 0 Å². The molecule has 0 aliphatic heterocycles. The Kier molecular flexibility index (Phi) is 8.74. The molecule has 1 amide bonds. The molecule has 0 fully saturated rings. The SMILES string of the molecule is CCNCCNC(=O)c1ccc(F)cc1OC(F)F.Cl. The number of ether oxygens (including phenoxy) is 1. The van der Waals surface area contributed by atoms with Crippen LogP contribution in [0.5, 0.6) is 5.75 Å². The number of hydrogen-bond acceptors (Lipinski definition) is 3. The number of nitrogens with one attached hydrogen (secondary N) is 2. The van der Waals surface area contributed by atoms with Gasteiger partial charge in [-0.3, -0.25) is 4.79 Å². The molecule has 0 saturated carbocycles. The van der Waals surface area contributed by atoms with Crippen LogP contribution in [0.1, 0.15) is 17.3 Å². The molecule has 0 aromatic heterocycles. The van der Waals surface area contributed by atoms with Gasteiger partial charge in [-0.05, 0) is 18.7 Å². The molecule has 0 unspecified atom stereocenters. The molecule has 0 saturated heterocycles. The third-order valence-corrected chi connectivity index (χ3v) is 2.24. The molecule has 1 aromatic carbocycles. The highest BCUT2D eigenvalue weighted by Gasteiger charge is 2.16. The van der Waals surface area contributed by atoms with Gasteiger partial charge >= 0.3 is 6.61 Å². The van der Waals surface area contributed by atoms with Crippen molar-refractivity contribution in [2.75, 3.05) is 19.6 Å². The first-order valence-electron chi connectivity index (χ1n) is 5.78. The molecule has 0 heterocycles. The molecular formula is C12H16ClF3N2O2. The molecule has 0 aliphatic carbocycles. The highest BCUT2D eigenvalue weighted by Crippen LogP contribution is 2.21. The molecule has 0 spiro atoms. The second-order valence-corrected chi connectivity index (χ2v) is 3.63. The van der Waals surface area contributed by atoms with E-state index in [-0.39, 0.29) is 18.0 Å². The van der Waals surface area contributed by atoms with Crippen LogP contribution in [0.4, 0.5) is 13.2 Å². The summed E-state index contributed by atoms with van der Waals surface area (Å²) >= 11 is 0. The molecule has 114 valence electrons. The molecule has 1 rings (SSSR count). The monoisotopic (exact) mass is 312 g/mol. The summed E-state index contributed by atoms with van der Waals surface area (Å²) in [6.07, 6.45) is 0. The Hall–Kier alpha value is -1.47. The summed E-state index contributed by atoms with van der Waals surface area (Å²) < 4.78 is 41.4. The third kappa shape index (κ3) is 6.12. The Labute approximate surface area is 121 Å². The highest BCUT2D eigenvalue weighted by molar-refractivity contribution is 5.96. The fourth-order valence-electron chi connectivity index (χ4n) is 1.41. The number of alkyl halides is 2. The second kappa shape index (κ2) is 9.44. The van der Waals surface area contributed by atoms with E-state index in [1.165, 1.54) is 0 Å². The van der Waals surface area contributed by atoms with Gasteiger partial charge in [0.2, 0.25) is 0 Å². The Bertz CT molecular complexity index is 433. The Morgan fingerprint density at radius 3 is 2.65 bits per heavy atom. The minimum Gasteiger partial charge on any atom is -0.434 e. The lowest BCUT2D eigenvalue weighted by molar-refractivity contribution is -0.0503. The highest BCUT2D eigenvalue weighted by atomic mass is 35.5. The van der Waals surface area contributed by atoms with Crippen LogP contribution in [-0.2, 0) is 0 Å². The van der Waals surface area contributed by atoms with Crippen molar-refractivity contribution in [3.05, 3.63) is 29.6 Å². The van der Waals surface area contributed by atoms with Crippen molar-refractivity contribution in [1.82, 2.24) is 10.6 Å². The van der Waals surface area contributed by atoms with Gasteiger partial charge in [-0.15, -0.1) is 12.4 Å². The second-order valence-electron chi connectivity index (χ2n) is 3.63. The molecule has 20 heavy (non-hydrogen) atoms. The van der Waals surface area contributed by atoms with Gasteiger partial charge in [0.05, 0.1) is 5.56 Å². The maximum absolute atomic E-state index is 12.9. The van der Waals surface area contributed by atoms with Gasteiger partial charge in [-0.25, -0.2) is 4.39 Å². The smallest absolute Gasteiger partial charge is 0.387 e. The zero-order chi connectivity index (χ0) is 14.3. The summed E-state index contributed by atoms with van der Waals surface area (Å²) in [6.45, 7) is 0.435. The molecule has 1 aromatic rings. The quantitative estimate of drug-likeness (QED) is 0.759. The van der Waals surface area contributed by atoms with E-state index in [1.807, 2.05) is 6.92 Å². The van der Waals surface area contributed by atoms with Gasteiger partial charge in [0.25, 0.3) is 5.91 Å². The molecule has 0 radical (unpaired) electrons. The van der Waals surface area contributed by atoms with Crippen molar-refractivity contribution >= 4 is 18.3 Å². The van der Waals surface area contributed by atoms with E-state index in [1.54, 1.807) is 0 Å². The average Bonchev–Trinajstić information content (AvgIpc) is 2.34. The van der Waals surface area contributed by atoms with Crippen LogP contribution in [0.25, 0.3) is 0 Å². The number of rotatable bonds is 7. The summed E-state index contributed by atoms with van der Waals surface area (Å²) in [5, 5.41) is 5.50. The van der Waals surface area contributed by atoms with Gasteiger partial charge in [-0.2, -0.15) is 8.78 Å². The van der Waals surface area contributed by atoms with E-state index in [9.17, 15) is 18.0 Å². The van der Waals surface area contributed by atoms with Gasteiger partial charge < -0.3 is 15.4 Å². The maximum atomic E-state index is 12.9. The number of carbonyl (C=O) groups excluding carboxylic acids is 1. The molecule has 0 bridgehead atoms. The topological polar surface area (TPSA) is 50.4 Å². The van der Waals surface area contributed by atoms with E-state index in [0.29, 0.717) is 13.1 Å². The van der Waals surface area contributed by atoms with E-state index < -0.39 is 24.1 Å². The van der Waals surface area contributed by atoms with Crippen molar-refractivity contribution in [3.8, 4) is 5.75 Å². The normalized spacial score (nSPS) is 10.1. The first kappa shape index (κ1) is 18.5. The largest absolute Gasteiger partial charge is 0.434 e. The number of hydrogen-bond donors (Lipinski definition) is 2. The summed E-state index contributed by atoms with van der Waals surface area (Å²) in [7, 11) is 0. The van der Waals surface area contributed by atoms with Crippen molar-refractivity contribution in [3.63, 3.8) is 0 Å². The molecule has 0 atom stereocenters. The summed E-state index contributed by atoms with van der Waals surface area (Å²) in [6, 6.07) is 2.87. The summed E-state index contributed by atoms with van der Waals surface area (Å²) in [4.78, 5) is 11.7. The standard InChI is InChI=1S/C12H15F3N2O2.ClH/c1-2-16-5-6-17-11(18)9-4-3-8(13)7-10(9)19-12(14)15;/h3-4,7,12,16H,2,5-6H2,1H3,(H,17,18);1H. The molecule has 8 heteroatoms. The van der Waals surface area contributed by atoms with Gasteiger partial charge in [0, 0.05) is 19.2 Å². The van der Waals surface area contributed by atoms with E-state index in [0.717, 1.165) is 24.7 Å². The number of amides is 1. The van der Waals surface area contributed by atoms with Crippen LogP contribution >= 0.6 is 12.4 Å². The van der Waals surface area contributed by atoms with E-state index in [4.69, 9.17) is 0 Å². The zero-order valence-corrected chi connectivity index (χ0v) is 11.6. The number of benzene rings is 1. The first-order chi connectivity index (χ1) is 9.04. The van der Waals surface area contributed by atoms with Crippen molar-refractivity contribution in [1.29, 1.82) is 0 Å². The lowest BCUT2D eigenvalue weighted by Gasteiger charge is -2.11. The summed E-state index contributed by atoms with van der Waals surface area (Å²) in [5.41, 5.74) is -0.127. The predicted octanol–water partition coefficient (Wildman–Crippen LogP) is 2.19. The zero-order valence-electron chi connectivity index (χ0n) is 10.8. The van der Waals surface area contributed by atoms with Gasteiger partial charge in [0.1, 0.15) is 11.6 Å². The third-order valence-electron chi connectivity index (χ3n) is 2.24. The van der Waals surface area contributed by atoms with E-state index in [2.05, 4.69) is 15.4 Å². The minimum atomic E-state index is -3.12. The van der Waals surface area contributed by atoms with Crippen molar-refractivity contribution in [2.45, 2.75) is 13.5 Å².